The van der Waals surface area contributed by atoms with Gasteiger partial charge in [-0.1, -0.05) is 6.07 Å². The molecule has 2 atom stereocenters. The molecular formula is C10H15N3. The summed E-state index contributed by atoms with van der Waals surface area (Å²) in [6, 6.07) is 2.89. The van der Waals surface area contributed by atoms with E-state index in [4.69, 9.17) is 5.73 Å². The maximum absolute atomic E-state index is 5.70. The zero-order chi connectivity index (χ0) is 9.42. The fraction of sp³-hybridized carbons (Fsp3) is 0.500. The molecule has 1 aliphatic carbocycles. The Bertz CT molecular complexity index is 322. The van der Waals surface area contributed by atoms with Crippen molar-refractivity contribution in [1.82, 2.24) is 4.98 Å². The third-order valence-electron chi connectivity index (χ3n) is 2.38. The second-order valence-electron chi connectivity index (χ2n) is 3.83. The monoisotopic (exact) mass is 177 g/mol. The van der Waals surface area contributed by atoms with E-state index in [0.29, 0.717) is 12.1 Å². The lowest BCUT2D eigenvalue weighted by Gasteiger charge is -2.07. The zero-order valence-electron chi connectivity index (χ0n) is 8.04. The number of nitrogens with one attached hydrogen (secondary N) is 1. The lowest BCUT2D eigenvalue weighted by Crippen LogP contribution is -2.14. The van der Waals surface area contributed by atoms with Crippen molar-refractivity contribution in [3.05, 3.63) is 23.4 Å². The lowest BCUT2D eigenvalue weighted by atomic mass is 10.2. The number of anilines is 1. The van der Waals surface area contributed by atoms with Gasteiger partial charge in [-0.25, -0.2) is 4.98 Å². The molecule has 3 heteroatoms. The first kappa shape index (κ1) is 8.51. The van der Waals surface area contributed by atoms with Crippen molar-refractivity contribution in [3.63, 3.8) is 0 Å². The molecule has 3 N–H and O–H groups in total. The van der Waals surface area contributed by atoms with Crippen LogP contribution in [0.2, 0.25) is 0 Å². The number of nitrogens with zero attached hydrogens (tertiary/aromatic N) is 1. The third-order valence-corrected chi connectivity index (χ3v) is 2.38. The number of rotatable bonds is 2. The summed E-state index contributed by atoms with van der Waals surface area (Å²) in [6.07, 6.45) is 2.94. The van der Waals surface area contributed by atoms with Gasteiger partial charge in [0.15, 0.2) is 0 Å². The Morgan fingerprint density at radius 1 is 1.54 bits per heavy atom. The third kappa shape index (κ3) is 1.80. The Morgan fingerprint density at radius 2 is 2.23 bits per heavy atom. The minimum absolute atomic E-state index is 0.322. The van der Waals surface area contributed by atoms with Gasteiger partial charge >= 0.3 is 0 Å². The highest BCUT2D eigenvalue weighted by molar-refractivity contribution is 5.46. The summed E-state index contributed by atoms with van der Waals surface area (Å²) in [5, 5.41) is 3.32. The standard InChI is InChI=1S/C10H15N3/c1-6-3-7(2)10(12-5-6)13-9-4-8(9)11/h3,5,8-9H,4,11H2,1-2H3,(H,12,13). The summed E-state index contributed by atoms with van der Waals surface area (Å²) in [7, 11) is 0. The van der Waals surface area contributed by atoms with Crippen LogP contribution in [-0.4, -0.2) is 17.1 Å². The molecule has 0 saturated heterocycles. The van der Waals surface area contributed by atoms with Gasteiger partial charge < -0.3 is 11.1 Å². The van der Waals surface area contributed by atoms with Crippen LogP contribution in [0.5, 0.6) is 0 Å². The average Bonchev–Trinajstić information content (AvgIpc) is 2.73. The summed E-state index contributed by atoms with van der Waals surface area (Å²) in [4.78, 5) is 4.33. The molecule has 0 spiro atoms. The number of aryl methyl sites for hydroxylation is 2. The SMILES string of the molecule is Cc1cnc(NC2CC2N)c(C)c1. The van der Waals surface area contributed by atoms with Gasteiger partial charge in [-0.15, -0.1) is 0 Å². The first-order chi connectivity index (χ1) is 6.16. The van der Waals surface area contributed by atoms with Crippen LogP contribution in [0.25, 0.3) is 0 Å². The summed E-state index contributed by atoms with van der Waals surface area (Å²) in [5.41, 5.74) is 8.09. The Kier molecular flexibility index (Phi) is 1.96. The van der Waals surface area contributed by atoms with Crippen LogP contribution in [-0.2, 0) is 0 Å². The predicted molar refractivity (Wildman–Crippen MR) is 53.7 cm³/mol. The molecule has 1 heterocycles. The summed E-state index contributed by atoms with van der Waals surface area (Å²) < 4.78 is 0. The van der Waals surface area contributed by atoms with E-state index in [-0.39, 0.29) is 0 Å². The van der Waals surface area contributed by atoms with E-state index in [2.05, 4.69) is 23.3 Å². The number of nitrogens with two attached hydrogens (primary N) is 1. The topological polar surface area (TPSA) is 50.9 Å². The molecule has 0 aromatic carbocycles. The molecule has 1 aromatic rings. The first-order valence-electron chi connectivity index (χ1n) is 4.62. The molecule has 1 aromatic heterocycles. The summed E-state index contributed by atoms with van der Waals surface area (Å²) in [6.45, 7) is 4.11. The van der Waals surface area contributed by atoms with E-state index in [1.807, 2.05) is 13.1 Å². The van der Waals surface area contributed by atoms with Gasteiger partial charge in [0, 0.05) is 18.3 Å². The number of aromatic nitrogens is 1. The van der Waals surface area contributed by atoms with Crippen LogP contribution in [0, 0.1) is 13.8 Å². The van der Waals surface area contributed by atoms with Gasteiger partial charge in [-0.05, 0) is 31.4 Å². The van der Waals surface area contributed by atoms with E-state index in [0.717, 1.165) is 12.2 Å². The molecule has 0 bridgehead atoms. The largest absolute Gasteiger partial charge is 0.366 e. The maximum Gasteiger partial charge on any atom is 0.129 e. The van der Waals surface area contributed by atoms with E-state index >= 15 is 0 Å². The minimum atomic E-state index is 0.322. The van der Waals surface area contributed by atoms with Crippen LogP contribution < -0.4 is 11.1 Å². The average molecular weight is 177 g/mol. The second kappa shape index (κ2) is 3.00. The minimum Gasteiger partial charge on any atom is -0.366 e. The van der Waals surface area contributed by atoms with Gasteiger partial charge in [-0.3, -0.25) is 0 Å². The Morgan fingerprint density at radius 3 is 2.77 bits per heavy atom. The Hall–Kier alpha value is -1.09. The van der Waals surface area contributed by atoms with E-state index in [1.165, 1.54) is 11.1 Å². The number of hydrogen-bond donors (Lipinski definition) is 2. The predicted octanol–water partition coefficient (Wildman–Crippen LogP) is 1.21. The van der Waals surface area contributed by atoms with Gasteiger partial charge in [-0.2, -0.15) is 0 Å². The molecule has 0 radical (unpaired) electrons. The van der Waals surface area contributed by atoms with Crippen molar-refractivity contribution in [2.75, 3.05) is 5.32 Å². The molecule has 2 unspecified atom stereocenters. The highest BCUT2D eigenvalue weighted by Gasteiger charge is 2.33. The van der Waals surface area contributed by atoms with Crippen LogP contribution in [0.4, 0.5) is 5.82 Å². The molecule has 3 nitrogen and oxygen atoms in total. The number of hydrogen-bond acceptors (Lipinski definition) is 3. The Balaban J connectivity index is 2.11. The first-order valence-corrected chi connectivity index (χ1v) is 4.62. The molecular weight excluding hydrogens is 162 g/mol. The summed E-state index contributed by atoms with van der Waals surface area (Å²) in [5.74, 6) is 0.976. The molecule has 70 valence electrons. The molecule has 1 saturated carbocycles. The van der Waals surface area contributed by atoms with Crippen molar-refractivity contribution >= 4 is 5.82 Å². The van der Waals surface area contributed by atoms with Crippen LogP contribution in [0.1, 0.15) is 17.5 Å². The highest BCUT2D eigenvalue weighted by Crippen LogP contribution is 2.24. The smallest absolute Gasteiger partial charge is 0.129 e. The van der Waals surface area contributed by atoms with Crippen molar-refractivity contribution < 1.29 is 0 Å². The zero-order valence-corrected chi connectivity index (χ0v) is 8.04. The molecule has 1 aliphatic rings. The molecule has 2 rings (SSSR count). The lowest BCUT2D eigenvalue weighted by molar-refractivity contribution is 0.991. The Labute approximate surface area is 78.4 Å². The van der Waals surface area contributed by atoms with Crippen LogP contribution >= 0.6 is 0 Å². The van der Waals surface area contributed by atoms with E-state index in [9.17, 15) is 0 Å². The quantitative estimate of drug-likeness (QED) is 0.714. The second-order valence-corrected chi connectivity index (χ2v) is 3.83. The number of pyridine rings is 1. The van der Waals surface area contributed by atoms with Crippen molar-refractivity contribution in [3.8, 4) is 0 Å². The molecule has 1 fully saturated rings. The molecule has 0 amide bonds. The highest BCUT2D eigenvalue weighted by atomic mass is 15.1. The van der Waals surface area contributed by atoms with Crippen molar-refractivity contribution in [2.24, 2.45) is 5.73 Å². The van der Waals surface area contributed by atoms with Gasteiger partial charge in [0.05, 0.1) is 0 Å². The molecule has 0 aliphatic heterocycles. The maximum atomic E-state index is 5.70. The van der Waals surface area contributed by atoms with Crippen LogP contribution in [0.3, 0.4) is 0 Å². The summed E-state index contributed by atoms with van der Waals surface area (Å²) >= 11 is 0. The van der Waals surface area contributed by atoms with Crippen molar-refractivity contribution in [1.29, 1.82) is 0 Å². The van der Waals surface area contributed by atoms with E-state index in [1.54, 1.807) is 0 Å². The van der Waals surface area contributed by atoms with Crippen molar-refractivity contribution in [2.45, 2.75) is 32.4 Å². The fourth-order valence-corrected chi connectivity index (χ4v) is 1.42. The van der Waals surface area contributed by atoms with Gasteiger partial charge in [0.2, 0.25) is 0 Å². The van der Waals surface area contributed by atoms with Gasteiger partial charge in [0.1, 0.15) is 5.82 Å². The van der Waals surface area contributed by atoms with Crippen LogP contribution in [0.15, 0.2) is 12.3 Å². The normalized spacial score (nSPS) is 25.8. The van der Waals surface area contributed by atoms with Gasteiger partial charge in [0.25, 0.3) is 0 Å². The van der Waals surface area contributed by atoms with E-state index < -0.39 is 0 Å². The molecule has 13 heavy (non-hydrogen) atoms. The fourth-order valence-electron chi connectivity index (χ4n) is 1.42.